The number of rotatable bonds is 4. The summed E-state index contributed by atoms with van der Waals surface area (Å²) in [6.45, 7) is -0.0263. The van der Waals surface area contributed by atoms with Gasteiger partial charge in [-0.25, -0.2) is 0 Å². The summed E-state index contributed by atoms with van der Waals surface area (Å²) in [4.78, 5) is 35.4. The fraction of sp³-hybridized carbons (Fsp3) is 0.353. The smallest absolute Gasteiger partial charge is 0.345 e. The van der Waals surface area contributed by atoms with Crippen molar-refractivity contribution in [1.29, 1.82) is 0 Å². The van der Waals surface area contributed by atoms with Crippen molar-refractivity contribution in [3.8, 4) is 11.8 Å². The summed E-state index contributed by atoms with van der Waals surface area (Å²) in [5, 5.41) is 2.47. The number of nitrogens with zero attached hydrogens (tertiary/aromatic N) is 1. The van der Waals surface area contributed by atoms with Crippen LogP contribution >= 0.6 is 0 Å². The highest BCUT2D eigenvalue weighted by Crippen LogP contribution is 2.29. The second kappa shape index (κ2) is 7.83. The lowest BCUT2D eigenvalue weighted by atomic mass is 10.1. The van der Waals surface area contributed by atoms with Gasteiger partial charge in [0, 0.05) is 31.4 Å². The van der Waals surface area contributed by atoms with Gasteiger partial charge in [-0.15, -0.1) is 0 Å². The molecular weight excluding hydrogens is 337 g/mol. The van der Waals surface area contributed by atoms with Crippen molar-refractivity contribution < 1.29 is 27.6 Å². The topological polar surface area (TPSA) is 66.5 Å². The third kappa shape index (κ3) is 5.35. The van der Waals surface area contributed by atoms with Crippen molar-refractivity contribution in [3.63, 3.8) is 0 Å². The van der Waals surface area contributed by atoms with E-state index in [4.69, 9.17) is 0 Å². The van der Waals surface area contributed by atoms with Gasteiger partial charge in [0.2, 0.25) is 17.7 Å². The Labute approximate surface area is 142 Å². The molecule has 1 saturated heterocycles. The Morgan fingerprint density at radius 3 is 2.52 bits per heavy atom. The van der Waals surface area contributed by atoms with Crippen LogP contribution in [-0.4, -0.2) is 35.7 Å². The molecule has 25 heavy (non-hydrogen) atoms. The van der Waals surface area contributed by atoms with Crippen molar-refractivity contribution in [3.05, 3.63) is 35.4 Å². The predicted molar refractivity (Wildman–Crippen MR) is 81.9 cm³/mol. The first kappa shape index (κ1) is 18.5. The predicted octanol–water partition coefficient (Wildman–Crippen LogP) is 1.71. The van der Waals surface area contributed by atoms with Crippen LogP contribution in [0.3, 0.4) is 0 Å². The molecule has 1 aromatic carbocycles. The Hall–Kier alpha value is -2.82. The van der Waals surface area contributed by atoms with E-state index in [0.717, 1.165) is 17.0 Å². The monoisotopic (exact) mass is 352 g/mol. The van der Waals surface area contributed by atoms with Crippen LogP contribution in [0.5, 0.6) is 0 Å². The summed E-state index contributed by atoms with van der Waals surface area (Å²) in [5.41, 5.74) is -0.597. The van der Waals surface area contributed by atoms with Gasteiger partial charge >= 0.3 is 6.18 Å². The SMILES string of the molecule is O=C(CCN1C(=O)CCC1=O)NCC#Cc1cccc(C(F)(F)F)c1. The average Bonchev–Trinajstić information content (AvgIpc) is 2.87. The van der Waals surface area contributed by atoms with E-state index >= 15 is 0 Å². The highest BCUT2D eigenvalue weighted by molar-refractivity contribution is 6.02. The molecule has 0 radical (unpaired) electrons. The van der Waals surface area contributed by atoms with Crippen molar-refractivity contribution in [2.24, 2.45) is 0 Å². The number of carbonyl (C=O) groups excluding carboxylic acids is 3. The zero-order chi connectivity index (χ0) is 18.4. The Bertz CT molecular complexity index is 731. The van der Waals surface area contributed by atoms with Gasteiger partial charge in [0.1, 0.15) is 0 Å². The van der Waals surface area contributed by atoms with Gasteiger partial charge in [0.15, 0.2) is 0 Å². The number of benzene rings is 1. The van der Waals surface area contributed by atoms with Crippen LogP contribution < -0.4 is 5.32 Å². The fourth-order valence-electron chi connectivity index (χ4n) is 2.24. The average molecular weight is 352 g/mol. The molecule has 0 unspecified atom stereocenters. The number of carbonyl (C=O) groups is 3. The second-order valence-electron chi connectivity index (χ2n) is 5.35. The molecule has 1 fully saturated rings. The zero-order valence-corrected chi connectivity index (χ0v) is 13.2. The molecule has 3 amide bonds. The maximum Gasteiger partial charge on any atom is 0.416 e. The summed E-state index contributed by atoms with van der Waals surface area (Å²) in [6.07, 6.45) is -4.13. The molecule has 5 nitrogen and oxygen atoms in total. The Morgan fingerprint density at radius 2 is 1.88 bits per heavy atom. The first-order chi connectivity index (χ1) is 11.8. The van der Waals surface area contributed by atoms with E-state index in [2.05, 4.69) is 17.2 Å². The largest absolute Gasteiger partial charge is 0.416 e. The molecule has 0 atom stereocenters. The van der Waals surface area contributed by atoms with Crippen molar-refractivity contribution in [1.82, 2.24) is 10.2 Å². The van der Waals surface area contributed by atoms with Crippen LogP contribution in [0.15, 0.2) is 24.3 Å². The first-order valence-corrected chi connectivity index (χ1v) is 7.53. The number of hydrogen-bond acceptors (Lipinski definition) is 3. The Balaban J connectivity index is 1.79. The molecular formula is C17H15F3N2O3. The number of alkyl halides is 3. The molecule has 2 rings (SSSR count). The van der Waals surface area contributed by atoms with Gasteiger partial charge in [-0.1, -0.05) is 17.9 Å². The van der Waals surface area contributed by atoms with E-state index in [1.165, 1.54) is 12.1 Å². The summed E-state index contributed by atoms with van der Waals surface area (Å²) in [5.74, 6) is 4.12. The van der Waals surface area contributed by atoms with Crippen LogP contribution in [0.4, 0.5) is 13.2 Å². The highest BCUT2D eigenvalue weighted by atomic mass is 19.4. The quantitative estimate of drug-likeness (QED) is 0.663. The third-order valence-electron chi connectivity index (χ3n) is 3.51. The maximum atomic E-state index is 12.6. The normalized spacial score (nSPS) is 14.3. The van der Waals surface area contributed by atoms with Gasteiger partial charge in [-0.2, -0.15) is 13.2 Å². The molecule has 0 aromatic heterocycles. The number of imide groups is 1. The molecule has 1 aliphatic rings. The van der Waals surface area contributed by atoms with Crippen LogP contribution in [-0.2, 0) is 20.6 Å². The second-order valence-corrected chi connectivity index (χ2v) is 5.35. The maximum absolute atomic E-state index is 12.6. The minimum atomic E-state index is -4.43. The summed E-state index contributed by atoms with van der Waals surface area (Å²) in [6, 6.07) is 4.58. The highest BCUT2D eigenvalue weighted by Gasteiger charge is 2.30. The molecule has 1 aliphatic heterocycles. The Kier molecular flexibility index (Phi) is 5.80. The first-order valence-electron chi connectivity index (χ1n) is 7.53. The molecule has 0 aliphatic carbocycles. The summed E-state index contributed by atoms with van der Waals surface area (Å²) < 4.78 is 37.7. The van der Waals surface area contributed by atoms with E-state index in [-0.39, 0.29) is 49.7 Å². The third-order valence-corrected chi connectivity index (χ3v) is 3.51. The van der Waals surface area contributed by atoms with Gasteiger partial charge in [-0.3, -0.25) is 19.3 Å². The van der Waals surface area contributed by atoms with Crippen molar-refractivity contribution >= 4 is 17.7 Å². The molecule has 1 N–H and O–H groups in total. The van der Waals surface area contributed by atoms with E-state index in [1.807, 2.05) is 0 Å². The van der Waals surface area contributed by atoms with Crippen molar-refractivity contribution in [2.75, 3.05) is 13.1 Å². The number of halogens is 3. The van der Waals surface area contributed by atoms with Gasteiger partial charge in [0.05, 0.1) is 12.1 Å². The molecule has 1 heterocycles. The van der Waals surface area contributed by atoms with Crippen molar-refractivity contribution in [2.45, 2.75) is 25.4 Å². The molecule has 0 saturated carbocycles. The molecule has 132 valence electrons. The molecule has 1 aromatic rings. The Morgan fingerprint density at radius 1 is 1.20 bits per heavy atom. The standard InChI is InChI=1S/C17H15F3N2O3/c18-17(19,20)13-5-1-3-12(11-13)4-2-9-21-14(23)8-10-22-15(24)6-7-16(22)25/h1,3,5,11H,6-10H2,(H,21,23). The van der Waals surface area contributed by atoms with Gasteiger partial charge < -0.3 is 5.32 Å². The summed E-state index contributed by atoms with van der Waals surface area (Å²) in [7, 11) is 0. The molecule has 0 spiro atoms. The van der Waals surface area contributed by atoms with Gasteiger partial charge in [-0.05, 0) is 18.2 Å². The fourth-order valence-corrected chi connectivity index (χ4v) is 2.24. The van der Waals surface area contributed by atoms with E-state index in [0.29, 0.717) is 0 Å². The van der Waals surface area contributed by atoms with Crippen LogP contribution in [0.2, 0.25) is 0 Å². The van der Waals surface area contributed by atoms with E-state index in [9.17, 15) is 27.6 Å². The van der Waals surface area contributed by atoms with Crippen LogP contribution in [0.1, 0.15) is 30.4 Å². The number of nitrogens with one attached hydrogen (secondary N) is 1. The van der Waals surface area contributed by atoms with E-state index in [1.54, 1.807) is 0 Å². The molecule has 0 bridgehead atoms. The minimum absolute atomic E-state index is 0.0184. The van der Waals surface area contributed by atoms with Gasteiger partial charge in [0.25, 0.3) is 0 Å². The minimum Gasteiger partial charge on any atom is -0.345 e. The lowest BCUT2D eigenvalue weighted by molar-refractivity contribution is -0.139. The number of amides is 3. The lowest BCUT2D eigenvalue weighted by Crippen LogP contribution is -2.34. The van der Waals surface area contributed by atoms with Crippen LogP contribution in [0, 0.1) is 11.8 Å². The summed E-state index contributed by atoms with van der Waals surface area (Å²) >= 11 is 0. The lowest BCUT2D eigenvalue weighted by Gasteiger charge is -2.12. The zero-order valence-electron chi connectivity index (χ0n) is 13.2. The van der Waals surface area contributed by atoms with E-state index < -0.39 is 17.6 Å². The number of hydrogen-bond donors (Lipinski definition) is 1. The number of likely N-dealkylation sites (tertiary alicyclic amines) is 1. The molecule has 8 heteroatoms. The van der Waals surface area contributed by atoms with Crippen LogP contribution in [0.25, 0.3) is 0 Å².